The van der Waals surface area contributed by atoms with Crippen LogP contribution in [0.2, 0.25) is 0 Å². The molecule has 0 heterocycles. The molecule has 0 aliphatic heterocycles. The van der Waals surface area contributed by atoms with Crippen LogP contribution in [0, 0.1) is 17.8 Å². The van der Waals surface area contributed by atoms with E-state index in [0.717, 1.165) is 25.7 Å². The minimum atomic E-state index is -3.88. The number of hydrogen-bond acceptors (Lipinski definition) is 4. The highest BCUT2D eigenvalue weighted by Gasteiger charge is 2.37. The second kappa shape index (κ2) is 10.5. The highest BCUT2D eigenvalue weighted by molar-refractivity contribution is 7.85. The van der Waals surface area contributed by atoms with Crippen LogP contribution in [0.5, 0.6) is 0 Å². The number of unbranched alkanes of at least 4 members (excludes halogenated alkanes) is 2. The van der Waals surface area contributed by atoms with Gasteiger partial charge < -0.3 is 4.74 Å². The Bertz CT molecular complexity index is 472. The van der Waals surface area contributed by atoms with E-state index in [-0.39, 0.29) is 17.6 Å². The Morgan fingerprint density at radius 2 is 1.40 bits per heavy atom. The highest BCUT2D eigenvalue weighted by atomic mass is 32.2. The van der Waals surface area contributed by atoms with E-state index in [9.17, 15) is 13.2 Å². The maximum atomic E-state index is 12.8. The van der Waals surface area contributed by atoms with E-state index in [1.54, 1.807) is 0 Å². The topological polar surface area (TPSA) is 80.7 Å². The molecule has 0 aromatic carbocycles. The lowest BCUT2D eigenvalue weighted by atomic mass is 9.69. The van der Waals surface area contributed by atoms with Crippen molar-refractivity contribution in [2.45, 2.75) is 83.5 Å². The van der Waals surface area contributed by atoms with Crippen molar-refractivity contribution in [2.75, 3.05) is 12.4 Å². The Balaban J connectivity index is 1.78. The summed E-state index contributed by atoms with van der Waals surface area (Å²) >= 11 is 0. The molecule has 0 saturated heterocycles. The third kappa shape index (κ3) is 7.65. The van der Waals surface area contributed by atoms with Crippen LogP contribution in [0.1, 0.15) is 83.5 Å². The van der Waals surface area contributed by atoms with Crippen LogP contribution >= 0.6 is 0 Å². The van der Waals surface area contributed by atoms with Crippen LogP contribution in [-0.4, -0.2) is 31.3 Å². The lowest BCUT2D eigenvalue weighted by Crippen LogP contribution is -2.35. The Morgan fingerprint density at radius 3 is 1.88 bits per heavy atom. The fourth-order valence-electron chi connectivity index (χ4n) is 4.59. The molecule has 0 unspecified atom stereocenters. The van der Waals surface area contributed by atoms with Gasteiger partial charge in [-0.3, -0.25) is 9.35 Å². The van der Waals surface area contributed by atoms with Crippen LogP contribution in [0.15, 0.2) is 0 Å². The van der Waals surface area contributed by atoms with E-state index in [0.29, 0.717) is 37.7 Å². The van der Waals surface area contributed by atoms with Gasteiger partial charge in [0.05, 0.1) is 18.3 Å². The van der Waals surface area contributed by atoms with Gasteiger partial charge in [-0.2, -0.15) is 8.42 Å². The predicted octanol–water partition coefficient (Wildman–Crippen LogP) is 4.36. The zero-order valence-corrected chi connectivity index (χ0v) is 16.1. The molecule has 5 nitrogen and oxygen atoms in total. The van der Waals surface area contributed by atoms with E-state index in [1.165, 1.54) is 38.5 Å². The summed E-state index contributed by atoms with van der Waals surface area (Å²) in [5, 5.41) is 0. The number of carbonyl (C=O) groups excluding carboxylic acids is 1. The van der Waals surface area contributed by atoms with Crippen LogP contribution in [-0.2, 0) is 19.6 Å². The molecule has 2 aliphatic carbocycles. The van der Waals surface area contributed by atoms with Crippen molar-refractivity contribution in [3.8, 4) is 0 Å². The van der Waals surface area contributed by atoms with Gasteiger partial charge in [0.1, 0.15) is 0 Å². The number of rotatable bonds is 9. The van der Waals surface area contributed by atoms with Crippen molar-refractivity contribution >= 4 is 16.1 Å². The molecule has 6 heteroatoms. The monoisotopic (exact) mass is 374 g/mol. The van der Waals surface area contributed by atoms with Crippen molar-refractivity contribution < 1.29 is 22.5 Å². The number of hydrogen-bond donors (Lipinski definition) is 1. The lowest BCUT2D eigenvalue weighted by Gasteiger charge is -2.36. The smallest absolute Gasteiger partial charge is 0.309 e. The molecule has 2 fully saturated rings. The molecule has 0 aromatic heterocycles. The average molecular weight is 375 g/mol. The van der Waals surface area contributed by atoms with E-state index in [1.807, 2.05) is 0 Å². The zero-order chi connectivity index (χ0) is 18.1. The largest absolute Gasteiger partial charge is 0.465 e. The minimum absolute atomic E-state index is 0.0198. The van der Waals surface area contributed by atoms with E-state index < -0.39 is 10.1 Å². The second-order valence-electron chi connectivity index (χ2n) is 7.84. The van der Waals surface area contributed by atoms with Crippen molar-refractivity contribution in [1.82, 2.24) is 0 Å². The number of carbonyl (C=O) groups is 1. The van der Waals surface area contributed by atoms with Crippen LogP contribution < -0.4 is 0 Å². The summed E-state index contributed by atoms with van der Waals surface area (Å²) in [5.74, 6) is 0.813. The van der Waals surface area contributed by atoms with E-state index in [2.05, 4.69) is 0 Å². The first kappa shape index (κ1) is 20.7. The van der Waals surface area contributed by atoms with Gasteiger partial charge in [-0.25, -0.2) is 0 Å². The van der Waals surface area contributed by atoms with Crippen molar-refractivity contribution in [3.63, 3.8) is 0 Å². The van der Waals surface area contributed by atoms with Gasteiger partial charge in [-0.05, 0) is 56.8 Å². The van der Waals surface area contributed by atoms with Gasteiger partial charge in [-0.1, -0.05) is 38.5 Å². The first-order valence-electron chi connectivity index (χ1n) is 10.1. The minimum Gasteiger partial charge on any atom is -0.465 e. The number of ether oxygens (including phenoxy) is 1. The summed E-state index contributed by atoms with van der Waals surface area (Å²) in [6.45, 7) is 0.361. The molecule has 0 aromatic rings. The molecule has 2 saturated carbocycles. The Morgan fingerprint density at radius 1 is 0.880 bits per heavy atom. The van der Waals surface area contributed by atoms with Crippen molar-refractivity contribution in [3.05, 3.63) is 0 Å². The van der Waals surface area contributed by atoms with Gasteiger partial charge in [0, 0.05) is 0 Å². The summed E-state index contributed by atoms with van der Waals surface area (Å²) in [4.78, 5) is 12.8. The van der Waals surface area contributed by atoms with Gasteiger partial charge in [-0.15, -0.1) is 0 Å². The fourth-order valence-corrected chi connectivity index (χ4v) is 5.16. The van der Waals surface area contributed by atoms with Crippen LogP contribution in [0.3, 0.4) is 0 Å². The van der Waals surface area contributed by atoms with Gasteiger partial charge >= 0.3 is 5.97 Å². The average Bonchev–Trinajstić information content (AvgIpc) is 2.59. The zero-order valence-electron chi connectivity index (χ0n) is 15.3. The van der Waals surface area contributed by atoms with Gasteiger partial charge in [0.25, 0.3) is 10.1 Å². The summed E-state index contributed by atoms with van der Waals surface area (Å²) in [6.07, 6.45) is 13.8. The highest BCUT2D eigenvalue weighted by Crippen LogP contribution is 2.40. The van der Waals surface area contributed by atoms with Crippen LogP contribution in [0.25, 0.3) is 0 Å². The molecule has 1 N–H and O–H groups in total. The van der Waals surface area contributed by atoms with Gasteiger partial charge in [0.2, 0.25) is 0 Å². The van der Waals surface area contributed by atoms with Crippen molar-refractivity contribution in [2.24, 2.45) is 17.8 Å². The summed E-state index contributed by atoms with van der Waals surface area (Å²) in [7, 11) is -3.88. The van der Waals surface area contributed by atoms with Crippen molar-refractivity contribution in [1.29, 1.82) is 0 Å². The Hall–Kier alpha value is -0.620. The SMILES string of the molecule is O=C(OCCCCCS(=O)(=O)O)C(C1CCCCC1)C1CCCCC1. The molecule has 2 aliphatic rings. The Kier molecular flexibility index (Phi) is 8.70. The molecule has 0 radical (unpaired) electrons. The molecule has 146 valence electrons. The normalized spacial score (nSPS) is 20.7. The molecule has 0 amide bonds. The first-order chi connectivity index (χ1) is 12.0. The van der Waals surface area contributed by atoms with Crippen LogP contribution in [0.4, 0.5) is 0 Å². The second-order valence-corrected chi connectivity index (χ2v) is 9.41. The molecular formula is C19H34O5S. The standard InChI is InChI=1S/C19H34O5S/c20-19(24-14-8-3-9-15-25(21,22)23)18(16-10-4-1-5-11-16)17-12-6-2-7-13-17/h16-18H,1-15H2,(H,21,22,23). The molecular weight excluding hydrogens is 340 g/mol. The van der Waals surface area contributed by atoms with E-state index in [4.69, 9.17) is 9.29 Å². The summed E-state index contributed by atoms with van der Waals surface area (Å²) in [5.41, 5.74) is 0. The molecule has 0 bridgehead atoms. The predicted molar refractivity (Wildman–Crippen MR) is 97.9 cm³/mol. The third-order valence-corrected chi connectivity index (χ3v) is 6.68. The Labute approximate surface area is 152 Å². The summed E-state index contributed by atoms with van der Waals surface area (Å²) < 4.78 is 35.7. The molecule has 0 atom stereocenters. The third-order valence-electron chi connectivity index (χ3n) is 5.88. The molecule has 25 heavy (non-hydrogen) atoms. The quantitative estimate of drug-likeness (QED) is 0.368. The first-order valence-corrected chi connectivity index (χ1v) is 11.7. The fraction of sp³-hybridized carbons (Fsp3) is 0.947. The maximum absolute atomic E-state index is 12.8. The molecule has 0 spiro atoms. The molecule has 2 rings (SSSR count). The number of esters is 1. The van der Waals surface area contributed by atoms with E-state index >= 15 is 0 Å². The maximum Gasteiger partial charge on any atom is 0.309 e. The lowest BCUT2D eigenvalue weighted by molar-refractivity contribution is -0.154. The van der Waals surface area contributed by atoms with Gasteiger partial charge in [0.15, 0.2) is 0 Å². The summed E-state index contributed by atoms with van der Waals surface area (Å²) in [6, 6.07) is 0.